The van der Waals surface area contributed by atoms with Crippen LogP contribution in [0.3, 0.4) is 0 Å². The number of para-hydroxylation sites is 1. The number of benzene rings is 4. The fraction of sp³-hybridized carbons (Fsp3) is 0.262. The summed E-state index contributed by atoms with van der Waals surface area (Å²) in [6, 6.07) is 34.2. The van der Waals surface area contributed by atoms with Gasteiger partial charge in [-0.05, 0) is 72.6 Å². The molecule has 0 saturated carbocycles. The standard InChI is InChI=1S/C42H46N4O5/c1-51-34-24-22-32(23-25-34)17-11-19-36(37(41(48)46-50)20-10-16-30-12-4-2-5-13-30)40(47)45-39(28-33-29-44-38-21-9-8-18-35(33)38)42(49)43-27-26-31-14-6-3-7-15-31/h2-10,12-16,18,21-25,29,36-37,39,44,50H,11,17,19-20,26-28H2,1H3,(H,43,49)(H,45,47)(H,46,48)/b16-10+/t36-,37+,39+/m0/s1. The van der Waals surface area contributed by atoms with E-state index in [1.54, 1.807) is 12.6 Å². The van der Waals surface area contributed by atoms with Gasteiger partial charge in [0, 0.05) is 36.0 Å². The molecule has 1 aromatic heterocycles. The third-order valence-corrected chi connectivity index (χ3v) is 9.20. The molecule has 3 atom stereocenters. The second-order valence-electron chi connectivity index (χ2n) is 12.6. The highest BCUT2D eigenvalue weighted by Crippen LogP contribution is 2.26. The Morgan fingerprint density at radius 2 is 1.47 bits per heavy atom. The molecule has 3 amide bonds. The topological polar surface area (TPSA) is 133 Å². The quantitative estimate of drug-likeness (QED) is 0.0536. The molecule has 9 heteroatoms. The summed E-state index contributed by atoms with van der Waals surface area (Å²) < 4.78 is 5.29. The summed E-state index contributed by atoms with van der Waals surface area (Å²) in [6.07, 6.45) is 8.31. The van der Waals surface area contributed by atoms with Gasteiger partial charge in [-0.25, -0.2) is 5.48 Å². The van der Waals surface area contributed by atoms with Gasteiger partial charge in [-0.2, -0.15) is 0 Å². The molecule has 5 rings (SSSR count). The summed E-state index contributed by atoms with van der Waals surface area (Å²) in [4.78, 5) is 44.7. The molecule has 9 nitrogen and oxygen atoms in total. The monoisotopic (exact) mass is 686 g/mol. The van der Waals surface area contributed by atoms with Crippen molar-refractivity contribution in [1.29, 1.82) is 0 Å². The molecular formula is C42H46N4O5. The number of amides is 3. The molecule has 4 aromatic carbocycles. The first-order valence-electron chi connectivity index (χ1n) is 17.4. The third-order valence-electron chi connectivity index (χ3n) is 9.20. The Kier molecular flexibility index (Phi) is 13.6. The first-order valence-corrected chi connectivity index (χ1v) is 17.4. The first-order chi connectivity index (χ1) is 24.9. The Balaban J connectivity index is 1.38. The second kappa shape index (κ2) is 18.9. The predicted molar refractivity (Wildman–Crippen MR) is 200 cm³/mol. The number of allylic oxidation sites excluding steroid dienone is 1. The number of carbonyl (C=O) groups excluding carboxylic acids is 3. The Morgan fingerprint density at radius 1 is 0.784 bits per heavy atom. The van der Waals surface area contributed by atoms with Crippen LogP contribution in [0.5, 0.6) is 5.75 Å². The number of aromatic amines is 1. The number of ether oxygens (including phenoxy) is 1. The number of nitrogens with one attached hydrogen (secondary N) is 4. The SMILES string of the molecule is COc1ccc(CCC[C@H](C(=O)N[C@H](Cc2c[nH]c3ccccc23)C(=O)NCCc2ccccc2)[C@@H](C/C=C/c2ccccc2)C(=O)NO)cc1. The van der Waals surface area contributed by atoms with E-state index in [9.17, 15) is 19.6 Å². The molecule has 0 fully saturated rings. The zero-order valence-corrected chi connectivity index (χ0v) is 28.9. The van der Waals surface area contributed by atoms with Crippen molar-refractivity contribution in [3.63, 3.8) is 0 Å². The van der Waals surface area contributed by atoms with Crippen LogP contribution >= 0.6 is 0 Å². The van der Waals surface area contributed by atoms with Crippen molar-refractivity contribution >= 4 is 34.7 Å². The predicted octanol–water partition coefficient (Wildman–Crippen LogP) is 6.43. The lowest BCUT2D eigenvalue weighted by Gasteiger charge is -2.27. The van der Waals surface area contributed by atoms with Gasteiger partial charge in [0.2, 0.25) is 17.7 Å². The van der Waals surface area contributed by atoms with Gasteiger partial charge >= 0.3 is 0 Å². The minimum absolute atomic E-state index is 0.207. The fourth-order valence-corrected chi connectivity index (χ4v) is 6.39. The Morgan fingerprint density at radius 3 is 2.20 bits per heavy atom. The van der Waals surface area contributed by atoms with Gasteiger partial charge in [-0.1, -0.05) is 103 Å². The zero-order chi connectivity index (χ0) is 35.8. The van der Waals surface area contributed by atoms with Crippen LogP contribution in [0.4, 0.5) is 0 Å². The average Bonchev–Trinajstić information content (AvgIpc) is 3.58. The molecule has 0 unspecified atom stereocenters. The lowest BCUT2D eigenvalue weighted by atomic mass is 9.83. The normalized spacial score (nSPS) is 13.0. The van der Waals surface area contributed by atoms with Crippen LogP contribution in [-0.4, -0.2) is 47.6 Å². The molecule has 5 aromatic rings. The zero-order valence-electron chi connectivity index (χ0n) is 28.9. The fourth-order valence-electron chi connectivity index (χ4n) is 6.39. The van der Waals surface area contributed by atoms with Gasteiger partial charge in [0.05, 0.1) is 13.0 Å². The number of fused-ring (bicyclic) bond motifs is 1. The summed E-state index contributed by atoms with van der Waals surface area (Å²) in [5.74, 6) is -2.36. The highest BCUT2D eigenvalue weighted by atomic mass is 16.5. The van der Waals surface area contributed by atoms with E-state index < -0.39 is 29.7 Å². The summed E-state index contributed by atoms with van der Waals surface area (Å²) >= 11 is 0. The van der Waals surface area contributed by atoms with E-state index in [1.807, 2.05) is 128 Å². The first kappa shape index (κ1) is 36.6. The minimum Gasteiger partial charge on any atom is -0.497 e. The molecule has 0 aliphatic rings. The van der Waals surface area contributed by atoms with E-state index in [0.717, 1.165) is 38.9 Å². The van der Waals surface area contributed by atoms with E-state index in [1.165, 1.54) is 0 Å². The summed E-state index contributed by atoms with van der Waals surface area (Å²) in [6.45, 7) is 0.397. The van der Waals surface area contributed by atoms with E-state index >= 15 is 0 Å². The largest absolute Gasteiger partial charge is 0.497 e. The van der Waals surface area contributed by atoms with Crippen molar-refractivity contribution in [3.8, 4) is 5.75 Å². The lowest BCUT2D eigenvalue weighted by Crippen LogP contribution is -2.51. The van der Waals surface area contributed by atoms with Crippen molar-refractivity contribution < 1.29 is 24.3 Å². The number of hydrogen-bond acceptors (Lipinski definition) is 5. The molecule has 0 bridgehead atoms. The molecule has 0 radical (unpaired) electrons. The van der Waals surface area contributed by atoms with Crippen LogP contribution < -0.4 is 20.9 Å². The number of H-pyrrole nitrogens is 1. The van der Waals surface area contributed by atoms with Gasteiger partial charge in [0.25, 0.3) is 0 Å². The Bertz CT molecular complexity index is 1870. The highest BCUT2D eigenvalue weighted by molar-refractivity contribution is 5.92. The van der Waals surface area contributed by atoms with Crippen molar-refractivity contribution in [1.82, 2.24) is 21.1 Å². The third kappa shape index (κ3) is 10.7. The molecular weight excluding hydrogens is 640 g/mol. The molecule has 0 aliphatic heterocycles. The maximum absolute atomic E-state index is 14.4. The highest BCUT2D eigenvalue weighted by Gasteiger charge is 2.35. The number of aromatic nitrogens is 1. The molecule has 1 heterocycles. The maximum atomic E-state index is 14.4. The molecule has 0 saturated heterocycles. The number of hydrogen-bond donors (Lipinski definition) is 5. The van der Waals surface area contributed by atoms with Crippen LogP contribution in [-0.2, 0) is 33.6 Å². The lowest BCUT2D eigenvalue weighted by molar-refractivity contribution is -0.141. The molecule has 51 heavy (non-hydrogen) atoms. The van der Waals surface area contributed by atoms with Crippen LogP contribution in [0, 0.1) is 11.8 Å². The number of hydroxylamine groups is 1. The van der Waals surface area contributed by atoms with Gasteiger partial charge in [0.1, 0.15) is 11.8 Å². The van der Waals surface area contributed by atoms with Crippen molar-refractivity contribution in [2.24, 2.45) is 11.8 Å². The molecule has 5 N–H and O–H groups in total. The Labute approximate surface area is 299 Å². The smallest absolute Gasteiger partial charge is 0.247 e. The van der Waals surface area contributed by atoms with E-state index in [0.29, 0.717) is 32.2 Å². The van der Waals surface area contributed by atoms with Crippen molar-refractivity contribution in [2.45, 2.75) is 44.6 Å². The Hall–Kier alpha value is -5.67. The van der Waals surface area contributed by atoms with E-state index in [2.05, 4.69) is 15.6 Å². The number of aryl methyl sites for hydroxylation is 1. The van der Waals surface area contributed by atoms with Crippen molar-refractivity contribution in [2.75, 3.05) is 13.7 Å². The van der Waals surface area contributed by atoms with Gasteiger partial charge in [-0.3, -0.25) is 19.6 Å². The van der Waals surface area contributed by atoms with Gasteiger partial charge in [0.15, 0.2) is 0 Å². The molecule has 0 spiro atoms. The van der Waals surface area contributed by atoms with Crippen LogP contribution in [0.15, 0.2) is 121 Å². The summed E-state index contributed by atoms with van der Waals surface area (Å²) in [5.41, 5.74) is 6.73. The number of carbonyl (C=O) groups is 3. The minimum atomic E-state index is -0.908. The van der Waals surface area contributed by atoms with Crippen LogP contribution in [0.25, 0.3) is 17.0 Å². The van der Waals surface area contributed by atoms with Gasteiger partial charge in [-0.15, -0.1) is 0 Å². The molecule has 264 valence electrons. The van der Waals surface area contributed by atoms with Crippen LogP contribution in [0.1, 0.15) is 41.5 Å². The number of rotatable bonds is 18. The molecule has 0 aliphatic carbocycles. The second-order valence-corrected chi connectivity index (χ2v) is 12.6. The number of methoxy groups -OCH3 is 1. The maximum Gasteiger partial charge on any atom is 0.247 e. The summed E-state index contributed by atoms with van der Waals surface area (Å²) in [5, 5.41) is 16.8. The van der Waals surface area contributed by atoms with Crippen LogP contribution in [0.2, 0.25) is 0 Å². The van der Waals surface area contributed by atoms with Crippen molar-refractivity contribution in [3.05, 3.63) is 144 Å². The summed E-state index contributed by atoms with van der Waals surface area (Å²) in [7, 11) is 1.62. The van der Waals surface area contributed by atoms with E-state index in [-0.39, 0.29) is 18.7 Å². The average molecular weight is 687 g/mol. The van der Waals surface area contributed by atoms with Gasteiger partial charge < -0.3 is 20.4 Å². The van der Waals surface area contributed by atoms with E-state index in [4.69, 9.17) is 4.74 Å².